The molecule has 1 aromatic heterocycles. The number of nitrogens with one attached hydrogen (secondary N) is 1. The molecule has 13 heavy (non-hydrogen) atoms. The number of rotatable bonds is 4. The number of hydrogen-bond donors (Lipinski definition) is 3. The number of nitrogens with zero attached hydrogens (tertiary/aromatic N) is 2. The molecule has 0 aliphatic heterocycles. The Kier molecular flexibility index (Phi) is 3.15. The standard InChI is InChI=1S/C6H10N4O2S/c1-3-8-6(13-10-3)9-4(2-11)5(7)12/h4,11H,2H2,1H3,(H2,7,12)(H,8,9,10)/t4-/m0/s1. The van der Waals surface area contributed by atoms with Crippen molar-refractivity contribution in [2.24, 2.45) is 5.73 Å². The second-order valence-corrected chi connectivity index (χ2v) is 3.18. The third-order valence-electron chi connectivity index (χ3n) is 1.35. The van der Waals surface area contributed by atoms with Crippen LogP contribution in [0.25, 0.3) is 0 Å². The highest BCUT2D eigenvalue weighted by molar-refractivity contribution is 7.09. The number of primary amides is 1. The van der Waals surface area contributed by atoms with Crippen LogP contribution in [0.1, 0.15) is 5.82 Å². The highest BCUT2D eigenvalue weighted by Crippen LogP contribution is 2.10. The van der Waals surface area contributed by atoms with E-state index in [4.69, 9.17) is 10.8 Å². The molecule has 7 heteroatoms. The Labute approximate surface area is 79.0 Å². The van der Waals surface area contributed by atoms with Gasteiger partial charge >= 0.3 is 0 Å². The predicted octanol–water partition coefficient (Wildman–Crippen LogP) is -0.895. The van der Waals surface area contributed by atoms with E-state index in [9.17, 15) is 4.79 Å². The molecule has 6 nitrogen and oxygen atoms in total. The lowest BCUT2D eigenvalue weighted by Crippen LogP contribution is -2.38. The first-order valence-corrected chi connectivity index (χ1v) is 4.38. The number of amides is 1. The van der Waals surface area contributed by atoms with Gasteiger partial charge in [0.15, 0.2) is 0 Å². The average molecular weight is 202 g/mol. The fourth-order valence-electron chi connectivity index (χ4n) is 0.711. The number of nitrogens with two attached hydrogens (primary N) is 1. The van der Waals surface area contributed by atoms with Crippen molar-refractivity contribution in [2.75, 3.05) is 11.9 Å². The van der Waals surface area contributed by atoms with Crippen molar-refractivity contribution in [2.45, 2.75) is 13.0 Å². The summed E-state index contributed by atoms with van der Waals surface area (Å²) in [7, 11) is 0. The van der Waals surface area contributed by atoms with E-state index in [0.29, 0.717) is 11.0 Å². The first-order valence-electron chi connectivity index (χ1n) is 3.60. The van der Waals surface area contributed by atoms with E-state index in [1.807, 2.05) is 0 Å². The highest BCUT2D eigenvalue weighted by Gasteiger charge is 2.14. The highest BCUT2D eigenvalue weighted by atomic mass is 32.1. The van der Waals surface area contributed by atoms with Crippen molar-refractivity contribution >= 4 is 22.6 Å². The molecule has 1 atom stereocenters. The molecule has 1 rings (SSSR count). The first-order chi connectivity index (χ1) is 6.13. The Morgan fingerprint density at radius 1 is 1.85 bits per heavy atom. The minimum atomic E-state index is -0.799. The normalized spacial score (nSPS) is 12.5. The van der Waals surface area contributed by atoms with Gasteiger partial charge in [0.1, 0.15) is 11.9 Å². The lowest BCUT2D eigenvalue weighted by molar-refractivity contribution is -0.119. The minimum absolute atomic E-state index is 0.353. The van der Waals surface area contributed by atoms with Crippen LogP contribution in [-0.4, -0.2) is 33.0 Å². The fraction of sp³-hybridized carbons (Fsp3) is 0.500. The maximum atomic E-state index is 10.7. The van der Waals surface area contributed by atoms with Crippen LogP contribution in [0.2, 0.25) is 0 Å². The number of aromatic nitrogens is 2. The summed E-state index contributed by atoms with van der Waals surface area (Å²) in [5, 5.41) is 11.9. The number of anilines is 1. The van der Waals surface area contributed by atoms with E-state index in [0.717, 1.165) is 11.5 Å². The Hall–Kier alpha value is -1.21. The molecular weight excluding hydrogens is 192 g/mol. The summed E-state index contributed by atoms with van der Waals surface area (Å²) in [5.74, 6) is 0.00372. The third-order valence-corrected chi connectivity index (χ3v) is 2.09. The topological polar surface area (TPSA) is 101 Å². The van der Waals surface area contributed by atoms with Gasteiger partial charge in [-0.2, -0.15) is 4.37 Å². The molecule has 1 aromatic rings. The van der Waals surface area contributed by atoms with Gasteiger partial charge in [0.05, 0.1) is 6.61 Å². The van der Waals surface area contributed by atoms with Gasteiger partial charge in [-0.05, 0) is 6.92 Å². The predicted molar refractivity (Wildman–Crippen MR) is 48.3 cm³/mol. The number of carbonyl (C=O) groups is 1. The first kappa shape index (κ1) is 9.87. The molecule has 0 bridgehead atoms. The second kappa shape index (κ2) is 4.15. The molecule has 0 aliphatic carbocycles. The average Bonchev–Trinajstić information content (AvgIpc) is 2.46. The second-order valence-electron chi connectivity index (χ2n) is 2.43. The van der Waals surface area contributed by atoms with Crippen molar-refractivity contribution in [3.63, 3.8) is 0 Å². The lowest BCUT2D eigenvalue weighted by atomic mass is 10.3. The quantitative estimate of drug-likeness (QED) is 0.587. The van der Waals surface area contributed by atoms with Crippen LogP contribution in [0.4, 0.5) is 5.13 Å². The summed E-state index contributed by atoms with van der Waals surface area (Å²) in [4.78, 5) is 14.7. The maximum absolute atomic E-state index is 10.7. The largest absolute Gasteiger partial charge is 0.394 e. The van der Waals surface area contributed by atoms with Crippen molar-refractivity contribution in [1.29, 1.82) is 0 Å². The van der Waals surface area contributed by atoms with Gasteiger partial charge in [-0.15, -0.1) is 0 Å². The lowest BCUT2D eigenvalue weighted by Gasteiger charge is -2.09. The summed E-state index contributed by atoms with van der Waals surface area (Å²) in [6, 6.07) is -0.799. The summed E-state index contributed by atoms with van der Waals surface area (Å²) in [6.07, 6.45) is 0. The van der Waals surface area contributed by atoms with E-state index >= 15 is 0 Å². The summed E-state index contributed by atoms with van der Waals surface area (Å²) >= 11 is 1.12. The molecule has 1 amide bonds. The number of hydrogen-bond acceptors (Lipinski definition) is 6. The Bertz CT molecular complexity index is 301. The SMILES string of the molecule is Cc1nsc(N[C@@H](CO)C(N)=O)n1. The van der Waals surface area contributed by atoms with Crippen molar-refractivity contribution in [3.8, 4) is 0 Å². The van der Waals surface area contributed by atoms with Crippen LogP contribution in [-0.2, 0) is 4.79 Å². The zero-order valence-electron chi connectivity index (χ0n) is 7.02. The van der Waals surface area contributed by atoms with E-state index in [1.165, 1.54) is 0 Å². The Morgan fingerprint density at radius 2 is 2.54 bits per heavy atom. The van der Waals surface area contributed by atoms with Crippen LogP contribution in [0.5, 0.6) is 0 Å². The smallest absolute Gasteiger partial charge is 0.242 e. The minimum Gasteiger partial charge on any atom is -0.394 e. The molecule has 0 saturated heterocycles. The zero-order valence-corrected chi connectivity index (χ0v) is 7.84. The van der Waals surface area contributed by atoms with Gasteiger partial charge in [0.25, 0.3) is 0 Å². The van der Waals surface area contributed by atoms with Crippen LogP contribution in [0, 0.1) is 6.92 Å². The van der Waals surface area contributed by atoms with Gasteiger partial charge in [-0.1, -0.05) is 0 Å². The van der Waals surface area contributed by atoms with E-state index < -0.39 is 11.9 Å². The number of aliphatic hydroxyl groups is 1. The molecule has 72 valence electrons. The van der Waals surface area contributed by atoms with E-state index in [1.54, 1.807) is 6.92 Å². The van der Waals surface area contributed by atoms with Crippen LogP contribution < -0.4 is 11.1 Å². The monoisotopic (exact) mass is 202 g/mol. The van der Waals surface area contributed by atoms with Crippen molar-refractivity contribution < 1.29 is 9.90 Å². The third kappa shape index (κ3) is 2.63. The molecule has 0 radical (unpaired) electrons. The molecule has 0 fully saturated rings. The number of carbonyl (C=O) groups excluding carboxylic acids is 1. The van der Waals surface area contributed by atoms with Crippen LogP contribution >= 0.6 is 11.5 Å². The fourth-order valence-corrected chi connectivity index (χ4v) is 1.34. The zero-order chi connectivity index (χ0) is 9.84. The van der Waals surface area contributed by atoms with E-state index in [2.05, 4.69) is 14.7 Å². The summed E-state index contributed by atoms with van der Waals surface area (Å²) in [6.45, 7) is 1.38. The van der Waals surface area contributed by atoms with Crippen LogP contribution in [0.3, 0.4) is 0 Å². The van der Waals surface area contributed by atoms with Crippen molar-refractivity contribution in [3.05, 3.63) is 5.82 Å². The van der Waals surface area contributed by atoms with Gasteiger partial charge in [0, 0.05) is 11.5 Å². The Balaban J connectivity index is 2.61. The molecular formula is C6H10N4O2S. The molecule has 0 unspecified atom stereocenters. The molecule has 1 heterocycles. The number of aliphatic hydroxyl groups excluding tert-OH is 1. The van der Waals surface area contributed by atoms with Gasteiger partial charge < -0.3 is 16.2 Å². The summed E-state index contributed by atoms with van der Waals surface area (Å²) in [5.41, 5.74) is 5.00. The maximum Gasteiger partial charge on any atom is 0.242 e. The van der Waals surface area contributed by atoms with E-state index in [-0.39, 0.29) is 6.61 Å². The van der Waals surface area contributed by atoms with Gasteiger partial charge in [-0.3, -0.25) is 4.79 Å². The molecule has 0 spiro atoms. The number of aryl methyl sites for hydroxylation is 1. The van der Waals surface area contributed by atoms with Crippen molar-refractivity contribution in [1.82, 2.24) is 9.36 Å². The molecule has 0 saturated carbocycles. The van der Waals surface area contributed by atoms with Crippen LogP contribution in [0.15, 0.2) is 0 Å². The van der Waals surface area contributed by atoms with Gasteiger partial charge in [-0.25, -0.2) is 4.98 Å². The summed E-state index contributed by atoms with van der Waals surface area (Å²) < 4.78 is 3.90. The molecule has 0 aromatic carbocycles. The molecule has 4 N–H and O–H groups in total. The van der Waals surface area contributed by atoms with Gasteiger partial charge in [0.2, 0.25) is 11.0 Å². The Morgan fingerprint density at radius 3 is 2.92 bits per heavy atom. The molecule has 0 aliphatic rings.